The van der Waals surface area contributed by atoms with E-state index in [2.05, 4.69) is 5.32 Å². The molecule has 0 heterocycles. The maximum atomic E-state index is 13.0. The first-order valence-electron chi connectivity index (χ1n) is 8.74. The van der Waals surface area contributed by atoms with Gasteiger partial charge in [-0.3, -0.25) is 4.79 Å². The van der Waals surface area contributed by atoms with Gasteiger partial charge in [-0.1, -0.05) is 42.0 Å². The predicted octanol–water partition coefficient (Wildman–Crippen LogP) is 3.36. The van der Waals surface area contributed by atoms with Crippen LogP contribution in [0, 0.1) is 12.7 Å². The zero-order valence-corrected chi connectivity index (χ0v) is 15.1. The zero-order valence-electron chi connectivity index (χ0n) is 15.1. The number of nitrogens with one attached hydrogen (secondary N) is 1. The molecule has 1 amide bonds. The van der Waals surface area contributed by atoms with Gasteiger partial charge in [0.15, 0.2) is 0 Å². The van der Waals surface area contributed by atoms with E-state index in [4.69, 9.17) is 4.74 Å². The molecule has 0 aliphatic heterocycles. The lowest BCUT2D eigenvalue weighted by atomic mass is 10.0. The zero-order chi connectivity index (χ0) is 18.9. The third kappa shape index (κ3) is 6.31. The summed E-state index contributed by atoms with van der Waals surface area (Å²) in [4.78, 5) is 24.4. The lowest BCUT2D eigenvalue weighted by Crippen LogP contribution is -2.43. The fourth-order valence-corrected chi connectivity index (χ4v) is 2.57. The Balaban J connectivity index is 1.95. The number of ether oxygens (including phenoxy) is 1. The molecule has 0 spiro atoms. The van der Waals surface area contributed by atoms with Crippen LogP contribution in [0.5, 0.6) is 0 Å². The van der Waals surface area contributed by atoms with Gasteiger partial charge < -0.3 is 10.1 Å². The fraction of sp³-hybridized carbons (Fsp3) is 0.333. The molecule has 0 bridgehead atoms. The SMILES string of the molecule is CCOC(=O)[C@@H](Cc1ccc(F)cc1)NC(=O)CCc1ccc(C)cc1. The Labute approximate surface area is 153 Å². The number of hydrogen-bond donors (Lipinski definition) is 1. The van der Waals surface area contributed by atoms with E-state index in [1.54, 1.807) is 19.1 Å². The van der Waals surface area contributed by atoms with Gasteiger partial charge in [0, 0.05) is 12.8 Å². The molecule has 5 heteroatoms. The van der Waals surface area contributed by atoms with Gasteiger partial charge in [-0.15, -0.1) is 0 Å². The number of carbonyl (C=O) groups excluding carboxylic acids is 2. The normalized spacial score (nSPS) is 11.7. The molecule has 0 aromatic heterocycles. The largest absolute Gasteiger partial charge is 0.464 e. The van der Waals surface area contributed by atoms with Crippen LogP contribution < -0.4 is 5.32 Å². The smallest absolute Gasteiger partial charge is 0.328 e. The molecular weight excluding hydrogens is 333 g/mol. The molecule has 0 saturated carbocycles. The van der Waals surface area contributed by atoms with Gasteiger partial charge >= 0.3 is 5.97 Å². The molecule has 26 heavy (non-hydrogen) atoms. The van der Waals surface area contributed by atoms with Crippen LogP contribution in [0.2, 0.25) is 0 Å². The van der Waals surface area contributed by atoms with Crippen LogP contribution in [0.1, 0.15) is 30.0 Å². The summed E-state index contributed by atoms with van der Waals surface area (Å²) in [5, 5.41) is 2.74. The Morgan fingerprint density at radius 2 is 1.65 bits per heavy atom. The lowest BCUT2D eigenvalue weighted by molar-refractivity contribution is -0.147. The Bertz CT molecular complexity index is 726. The van der Waals surface area contributed by atoms with Gasteiger partial charge in [0.1, 0.15) is 11.9 Å². The second-order valence-corrected chi connectivity index (χ2v) is 6.19. The van der Waals surface area contributed by atoms with E-state index in [0.717, 1.165) is 11.1 Å². The van der Waals surface area contributed by atoms with Crippen molar-refractivity contribution in [1.29, 1.82) is 0 Å². The molecule has 1 N–H and O–H groups in total. The van der Waals surface area contributed by atoms with Crippen molar-refractivity contribution in [2.45, 2.75) is 39.2 Å². The maximum absolute atomic E-state index is 13.0. The molecule has 0 saturated heterocycles. The molecule has 0 unspecified atom stereocenters. The molecule has 138 valence electrons. The van der Waals surface area contributed by atoms with Gasteiger partial charge in [0.05, 0.1) is 6.61 Å². The second-order valence-electron chi connectivity index (χ2n) is 6.19. The van der Waals surface area contributed by atoms with Gasteiger partial charge in [0.2, 0.25) is 5.91 Å². The Morgan fingerprint density at radius 1 is 1.04 bits per heavy atom. The minimum absolute atomic E-state index is 0.217. The minimum atomic E-state index is -0.786. The standard InChI is InChI=1S/C21H24FNO3/c1-3-26-21(25)19(14-17-8-11-18(22)12-9-17)23-20(24)13-10-16-6-4-15(2)5-7-16/h4-9,11-12,19H,3,10,13-14H2,1-2H3,(H,23,24)/t19-/m1/s1. The molecule has 4 nitrogen and oxygen atoms in total. The van der Waals surface area contributed by atoms with Crippen LogP contribution >= 0.6 is 0 Å². The number of aryl methyl sites for hydroxylation is 2. The molecule has 1 atom stereocenters. The first-order chi connectivity index (χ1) is 12.5. The molecule has 2 rings (SSSR count). The number of carbonyl (C=O) groups is 2. The van der Waals surface area contributed by atoms with Gasteiger partial charge in [-0.25, -0.2) is 9.18 Å². The molecule has 2 aromatic rings. The highest BCUT2D eigenvalue weighted by Gasteiger charge is 2.22. The lowest BCUT2D eigenvalue weighted by Gasteiger charge is -2.17. The number of hydrogen-bond acceptors (Lipinski definition) is 3. The summed E-state index contributed by atoms with van der Waals surface area (Å²) in [5.41, 5.74) is 2.99. The van der Waals surface area contributed by atoms with Crippen LogP contribution in [0.25, 0.3) is 0 Å². The van der Waals surface area contributed by atoms with Gasteiger partial charge in [0.25, 0.3) is 0 Å². The molecule has 2 aromatic carbocycles. The van der Waals surface area contributed by atoms with Crippen LogP contribution in [0.3, 0.4) is 0 Å². The second kappa shape index (κ2) is 9.70. The van der Waals surface area contributed by atoms with Crippen LogP contribution in [0.4, 0.5) is 4.39 Å². The Morgan fingerprint density at radius 3 is 2.27 bits per heavy atom. The third-order valence-electron chi connectivity index (χ3n) is 4.02. The summed E-state index contributed by atoms with van der Waals surface area (Å²) in [5.74, 6) is -1.05. The average molecular weight is 357 g/mol. The van der Waals surface area contributed by atoms with Crippen molar-refractivity contribution in [3.63, 3.8) is 0 Å². The average Bonchev–Trinajstić information content (AvgIpc) is 2.62. The van der Waals surface area contributed by atoms with Crippen molar-refractivity contribution < 1.29 is 18.7 Å². The monoisotopic (exact) mass is 357 g/mol. The minimum Gasteiger partial charge on any atom is -0.464 e. The summed E-state index contributed by atoms with van der Waals surface area (Å²) in [6.45, 7) is 3.96. The van der Waals surface area contributed by atoms with Crippen LogP contribution in [0.15, 0.2) is 48.5 Å². The highest BCUT2D eigenvalue weighted by molar-refractivity contribution is 5.84. The van der Waals surface area contributed by atoms with Gasteiger partial charge in [-0.2, -0.15) is 0 Å². The first-order valence-corrected chi connectivity index (χ1v) is 8.74. The first kappa shape index (κ1) is 19.6. The third-order valence-corrected chi connectivity index (χ3v) is 4.02. The van der Waals surface area contributed by atoms with E-state index in [1.165, 1.54) is 17.7 Å². The summed E-state index contributed by atoms with van der Waals surface area (Å²) in [6.07, 6.45) is 1.13. The van der Waals surface area contributed by atoms with E-state index in [9.17, 15) is 14.0 Å². The number of esters is 1. The van der Waals surface area contributed by atoms with E-state index in [1.807, 2.05) is 31.2 Å². The van der Waals surface area contributed by atoms with E-state index in [0.29, 0.717) is 6.42 Å². The summed E-state index contributed by atoms with van der Waals surface area (Å²) >= 11 is 0. The van der Waals surface area contributed by atoms with Gasteiger partial charge in [-0.05, 0) is 43.5 Å². The molecule has 0 aliphatic carbocycles. The molecular formula is C21H24FNO3. The summed E-state index contributed by atoms with van der Waals surface area (Å²) in [7, 11) is 0. The van der Waals surface area contributed by atoms with Crippen molar-refractivity contribution in [2.24, 2.45) is 0 Å². The van der Waals surface area contributed by atoms with E-state index in [-0.39, 0.29) is 31.2 Å². The molecule has 0 radical (unpaired) electrons. The number of benzene rings is 2. The van der Waals surface area contributed by atoms with Crippen molar-refractivity contribution >= 4 is 11.9 Å². The van der Waals surface area contributed by atoms with Crippen LogP contribution in [-0.2, 0) is 27.2 Å². The number of rotatable bonds is 8. The van der Waals surface area contributed by atoms with Crippen molar-refractivity contribution in [3.8, 4) is 0 Å². The van der Waals surface area contributed by atoms with Crippen molar-refractivity contribution in [3.05, 3.63) is 71.0 Å². The molecule has 0 fully saturated rings. The van der Waals surface area contributed by atoms with E-state index < -0.39 is 12.0 Å². The quantitative estimate of drug-likeness (QED) is 0.737. The molecule has 0 aliphatic rings. The highest BCUT2D eigenvalue weighted by atomic mass is 19.1. The number of halogens is 1. The van der Waals surface area contributed by atoms with Crippen LogP contribution in [-0.4, -0.2) is 24.5 Å². The predicted molar refractivity (Wildman–Crippen MR) is 98.2 cm³/mol. The summed E-state index contributed by atoms with van der Waals surface area (Å²) < 4.78 is 18.1. The summed E-state index contributed by atoms with van der Waals surface area (Å²) in [6, 6.07) is 13.1. The van der Waals surface area contributed by atoms with Crippen molar-refractivity contribution in [2.75, 3.05) is 6.61 Å². The Kier molecular flexibility index (Phi) is 7.33. The maximum Gasteiger partial charge on any atom is 0.328 e. The topological polar surface area (TPSA) is 55.4 Å². The van der Waals surface area contributed by atoms with Crippen molar-refractivity contribution in [1.82, 2.24) is 5.32 Å². The fourth-order valence-electron chi connectivity index (χ4n) is 2.57. The Hall–Kier alpha value is -2.69. The highest BCUT2D eigenvalue weighted by Crippen LogP contribution is 2.09. The van der Waals surface area contributed by atoms with E-state index >= 15 is 0 Å². The number of amides is 1.